The van der Waals surface area contributed by atoms with Gasteiger partial charge in [0.1, 0.15) is 5.82 Å². The topological polar surface area (TPSA) is 67.6 Å². The van der Waals surface area contributed by atoms with Crippen LogP contribution in [-0.4, -0.2) is 36.5 Å². The third kappa shape index (κ3) is 5.68. The highest BCUT2D eigenvalue weighted by atomic mass is 15.4. The first-order valence-corrected chi connectivity index (χ1v) is 15.2. The monoisotopic (exact) mass is 589 g/mol. The van der Waals surface area contributed by atoms with Crippen LogP contribution in [0.1, 0.15) is 36.5 Å². The third-order valence-electron chi connectivity index (χ3n) is 7.98. The second-order valence-electron chi connectivity index (χ2n) is 11.7. The Kier molecular flexibility index (Phi) is 7.35. The summed E-state index contributed by atoms with van der Waals surface area (Å²) >= 11 is 0. The Morgan fingerprint density at radius 2 is 1.38 bits per heavy atom. The Hall–Kier alpha value is -5.69. The van der Waals surface area contributed by atoms with Gasteiger partial charge in [0.05, 0.1) is 17.1 Å². The number of anilines is 5. The van der Waals surface area contributed by atoms with E-state index >= 15 is 0 Å². The summed E-state index contributed by atoms with van der Waals surface area (Å²) in [7, 11) is 4.10. The number of benzene rings is 4. The Bertz CT molecular complexity index is 1850. The summed E-state index contributed by atoms with van der Waals surface area (Å²) in [5.41, 5.74) is 9.98. The van der Waals surface area contributed by atoms with Gasteiger partial charge < -0.3 is 15.5 Å². The van der Waals surface area contributed by atoms with Gasteiger partial charge in [-0.05, 0) is 84.3 Å². The highest BCUT2D eigenvalue weighted by molar-refractivity contribution is 6.22. The van der Waals surface area contributed by atoms with Crippen LogP contribution >= 0.6 is 0 Å². The van der Waals surface area contributed by atoms with Crippen molar-refractivity contribution in [1.82, 2.24) is 4.90 Å². The van der Waals surface area contributed by atoms with Gasteiger partial charge in [0, 0.05) is 48.0 Å². The molecule has 0 amide bonds. The van der Waals surface area contributed by atoms with Gasteiger partial charge in [-0.3, -0.25) is 4.90 Å². The molecule has 222 valence electrons. The first-order chi connectivity index (χ1) is 21.9. The average molecular weight is 590 g/mol. The molecule has 0 saturated carbocycles. The van der Waals surface area contributed by atoms with Crippen molar-refractivity contribution in [2.75, 3.05) is 29.6 Å². The minimum atomic E-state index is 0.382. The molecule has 0 unspecified atom stereocenters. The molecule has 0 atom stereocenters. The van der Waals surface area contributed by atoms with E-state index in [0.29, 0.717) is 17.7 Å². The third-order valence-corrected chi connectivity index (χ3v) is 7.98. The lowest BCUT2D eigenvalue weighted by Crippen LogP contribution is -2.36. The van der Waals surface area contributed by atoms with E-state index in [9.17, 15) is 0 Å². The summed E-state index contributed by atoms with van der Waals surface area (Å²) in [5.74, 6) is 2.37. The molecular weight excluding hydrogens is 554 g/mol. The quantitative estimate of drug-likeness (QED) is 0.216. The lowest BCUT2D eigenvalue weighted by molar-refractivity contribution is 0.617. The summed E-state index contributed by atoms with van der Waals surface area (Å²) in [6, 6.07) is 33.3. The highest BCUT2D eigenvalue weighted by Crippen LogP contribution is 2.35. The molecule has 0 bridgehead atoms. The summed E-state index contributed by atoms with van der Waals surface area (Å²) < 4.78 is 0. The van der Waals surface area contributed by atoms with E-state index in [1.165, 1.54) is 5.56 Å². The summed E-state index contributed by atoms with van der Waals surface area (Å²) in [6.45, 7) is 4.41. The van der Waals surface area contributed by atoms with Gasteiger partial charge in [-0.1, -0.05) is 62.4 Å². The zero-order valence-corrected chi connectivity index (χ0v) is 25.9. The molecule has 3 aliphatic rings. The van der Waals surface area contributed by atoms with Crippen molar-refractivity contribution < 1.29 is 0 Å². The summed E-state index contributed by atoms with van der Waals surface area (Å²) in [6.07, 6.45) is 8.22. The van der Waals surface area contributed by atoms with Crippen LogP contribution in [-0.2, 0) is 0 Å². The first kappa shape index (κ1) is 28.1. The minimum Gasteiger partial charge on any atom is -0.378 e. The van der Waals surface area contributed by atoms with E-state index in [1.807, 2.05) is 67.5 Å². The van der Waals surface area contributed by atoms with Gasteiger partial charge in [-0.2, -0.15) is 4.99 Å². The van der Waals surface area contributed by atoms with Crippen molar-refractivity contribution in [2.24, 2.45) is 15.0 Å². The number of nitrogens with one attached hydrogen (secondary N) is 2. The second kappa shape index (κ2) is 11.8. The van der Waals surface area contributed by atoms with Crippen LogP contribution in [0.2, 0.25) is 0 Å². The largest absolute Gasteiger partial charge is 0.378 e. The van der Waals surface area contributed by atoms with E-state index in [0.717, 1.165) is 56.8 Å². The maximum absolute atomic E-state index is 5.16. The molecule has 7 rings (SSSR count). The molecule has 0 aromatic heterocycles. The summed E-state index contributed by atoms with van der Waals surface area (Å²) in [4.78, 5) is 19.4. The zero-order chi connectivity index (χ0) is 30.9. The zero-order valence-electron chi connectivity index (χ0n) is 25.9. The number of aliphatic imine (C=N–C) groups is 3. The van der Waals surface area contributed by atoms with Crippen LogP contribution in [0.5, 0.6) is 0 Å². The Morgan fingerprint density at radius 3 is 2.04 bits per heavy atom. The molecule has 4 aromatic carbocycles. The van der Waals surface area contributed by atoms with E-state index in [4.69, 9.17) is 15.0 Å². The molecule has 0 radical (unpaired) electrons. The van der Waals surface area contributed by atoms with Crippen molar-refractivity contribution in [3.63, 3.8) is 0 Å². The fourth-order valence-electron chi connectivity index (χ4n) is 5.53. The van der Waals surface area contributed by atoms with Gasteiger partial charge in [0.2, 0.25) is 5.96 Å². The van der Waals surface area contributed by atoms with Gasteiger partial charge in [-0.25, -0.2) is 9.98 Å². The molecule has 7 nitrogen and oxygen atoms in total. The van der Waals surface area contributed by atoms with Crippen LogP contribution in [0.4, 0.5) is 28.4 Å². The van der Waals surface area contributed by atoms with Crippen LogP contribution in [0, 0.1) is 0 Å². The molecule has 4 aromatic rings. The molecule has 0 fully saturated rings. The van der Waals surface area contributed by atoms with Crippen molar-refractivity contribution in [3.05, 3.63) is 150 Å². The van der Waals surface area contributed by atoms with E-state index in [2.05, 4.69) is 102 Å². The lowest BCUT2D eigenvalue weighted by Gasteiger charge is -2.33. The predicted octanol–water partition coefficient (Wildman–Crippen LogP) is 8.58. The number of rotatable bonds is 8. The number of para-hydroxylation sites is 2. The van der Waals surface area contributed by atoms with Crippen molar-refractivity contribution in [3.8, 4) is 0 Å². The van der Waals surface area contributed by atoms with Gasteiger partial charge in [0.15, 0.2) is 5.84 Å². The molecule has 0 spiro atoms. The number of hydrogen-bond donors (Lipinski definition) is 2. The maximum atomic E-state index is 5.16. The molecule has 0 aliphatic carbocycles. The van der Waals surface area contributed by atoms with E-state index in [1.54, 1.807) is 0 Å². The molecule has 3 heterocycles. The van der Waals surface area contributed by atoms with Gasteiger partial charge >= 0.3 is 0 Å². The normalized spacial score (nSPS) is 15.0. The lowest BCUT2D eigenvalue weighted by atomic mass is 9.99. The van der Waals surface area contributed by atoms with Crippen LogP contribution in [0.15, 0.2) is 148 Å². The van der Waals surface area contributed by atoms with Crippen molar-refractivity contribution in [1.29, 1.82) is 0 Å². The van der Waals surface area contributed by atoms with Crippen LogP contribution in [0.3, 0.4) is 0 Å². The molecule has 3 aliphatic heterocycles. The Balaban J connectivity index is 1.33. The maximum Gasteiger partial charge on any atom is 0.238 e. The van der Waals surface area contributed by atoms with Crippen LogP contribution < -0.4 is 15.5 Å². The second-order valence-corrected chi connectivity index (χ2v) is 11.7. The molecule has 7 heteroatoms. The molecule has 45 heavy (non-hydrogen) atoms. The highest BCUT2D eigenvalue weighted by Gasteiger charge is 2.31. The SMILES string of the molecule is CC(C)c1ccc(C2=NC3=CC=CC4=CC(c5ccc(N(C)C)cc5Nc5ccccc5)=NC(=N2)N43)c(Nc2ccccc2)c1. The van der Waals surface area contributed by atoms with Crippen molar-refractivity contribution >= 4 is 45.9 Å². The number of hydrogen-bond acceptors (Lipinski definition) is 7. The number of guanidine groups is 1. The number of nitrogens with zero attached hydrogens (tertiary/aromatic N) is 5. The number of amidine groups is 1. The van der Waals surface area contributed by atoms with Gasteiger partial charge in [0.25, 0.3) is 0 Å². The smallest absolute Gasteiger partial charge is 0.238 e. The fraction of sp³-hybridized carbons (Fsp3) is 0.132. The Morgan fingerprint density at radius 1 is 0.711 bits per heavy atom. The predicted molar refractivity (Wildman–Crippen MR) is 188 cm³/mol. The van der Waals surface area contributed by atoms with E-state index < -0.39 is 0 Å². The minimum absolute atomic E-state index is 0.382. The van der Waals surface area contributed by atoms with Gasteiger partial charge in [-0.15, -0.1) is 0 Å². The standard InChI is InChI=1S/C38H35N7/c1-25(2)26-18-20-32(33(22-26)39-27-12-7-5-8-13-27)37-42-36-17-11-16-30-24-35(41-38(43-37)45(30)36)31-21-19-29(44(3)4)23-34(31)40-28-14-9-6-10-15-28/h5-25,39-40H,1-4H3. The molecule has 2 N–H and O–H groups in total. The first-order valence-electron chi connectivity index (χ1n) is 15.2. The number of allylic oxidation sites excluding steroid dienone is 4. The fourth-order valence-corrected chi connectivity index (χ4v) is 5.53. The van der Waals surface area contributed by atoms with E-state index in [-0.39, 0.29) is 0 Å². The molecular formula is C38H35N7. The van der Waals surface area contributed by atoms with Crippen molar-refractivity contribution in [2.45, 2.75) is 19.8 Å². The molecule has 0 saturated heterocycles. The Labute approximate surface area is 264 Å². The summed E-state index contributed by atoms with van der Waals surface area (Å²) in [5, 5.41) is 7.24. The van der Waals surface area contributed by atoms with Crippen LogP contribution in [0.25, 0.3) is 0 Å². The average Bonchev–Trinajstić information content (AvgIpc) is 3.05.